The van der Waals surface area contributed by atoms with E-state index in [0.717, 1.165) is 6.42 Å². The van der Waals surface area contributed by atoms with E-state index in [1.54, 1.807) is 17.2 Å². The molecule has 0 aliphatic heterocycles. The molecule has 0 saturated carbocycles. The van der Waals surface area contributed by atoms with E-state index in [9.17, 15) is 14.7 Å². The van der Waals surface area contributed by atoms with Crippen LogP contribution < -0.4 is 0 Å². The van der Waals surface area contributed by atoms with Crippen LogP contribution in [-0.2, 0) is 9.47 Å². The highest BCUT2D eigenvalue weighted by Gasteiger charge is 2.23. The first-order chi connectivity index (χ1) is 13.1. The Labute approximate surface area is 173 Å². The summed E-state index contributed by atoms with van der Waals surface area (Å²) in [6, 6.07) is 0. The van der Waals surface area contributed by atoms with Gasteiger partial charge < -0.3 is 19.5 Å². The molecule has 1 heterocycles. The maximum absolute atomic E-state index is 12.2. The number of hydrogen-bond donors (Lipinski definition) is 1. The number of aliphatic hydroxyl groups excluding tert-OH is 1. The molecule has 1 aromatic rings. The van der Waals surface area contributed by atoms with Crippen molar-refractivity contribution in [2.75, 3.05) is 19.7 Å². The Hall–Kier alpha value is -1.67. The van der Waals surface area contributed by atoms with E-state index in [1.165, 1.54) is 17.8 Å². The van der Waals surface area contributed by atoms with Gasteiger partial charge in [-0.25, -0.2) is 14.6 Å². The Kier molecular flexibility index (Phi) is 12.7. The first-order valence-corrected chi connectivity index (χ1v) is 10.8. The molecule has 1 rings (SSSR count). The lowest BCUT2D eigenvalue weighted by atomic mass is 10.2. The Morgan fingerprint density at radius 2 is 1.82 bits per heavy atom. The molecule has 0 radical (unpaired) electrons. The molecule has 1 unspecified atom stereocenters. The van der Waals surface area contributed by atoms with Gasteiger partial charge in [-0.3, -0.25) is 0 Å². The van der Waals surface area contributed by atoms with Gasteiger partial charge in [0.15, 0.2) is 5.69 Å². The third-order valence-corrected chi connectivity index (χ3v) is 4.06. The van der Waals surface area contributed by atoms with Crippen molar-refractivity contribution in [3.63, 3.8) is 0 Å². The van der Waals surface area contributed by atoms with Crippen molar-refractivity contribution in [3.8, 4) is 0 Å². The number of aliphatic hydroxyl groups is 1. The van der Waals surface area contributed by atoms with Gasteiger partial charge in [-0.2, -0.15) is 0 Å². The first-order valence-electron chi connectivity index (χ1n) is 9.87. The molecule has 1 N–H and O–H groups in total. The lowest BCUT2D eigenvalue weighted by Gasteiger charge is -2.27. The zero-order chi connectivity index (χ0) is 21.7. The summed E-state index contributed by atoms with van der Waals surface area (Å²) in [6.45, 7) is 14.6. The van der Waals surface area contributed by atoms with Crippen LogP contribution in [0.3, 0.4) is 0 Å². The molecule has 1 amide bonds. The van der Waals surface area contributed by atoms with E-state index >= 15 is 0 Å². The number of nitrogens with zero attached hydrogens (tertiary/aromatic N) is 2. The fourth-order valence-corrected chi connectivity index (χ4v) is 2.84. The van der Waals surface area contributed by atoms with Gasteiger partial charge in [-0.05, 0) is 40.5 Å². The second kappa shape index (κ2) is 13.5. The molecule has 0 bridgehead atoms. The summed E-state index contributed by atoms with van der Waals surface area (Å²) < 4.78 is 10.3. The van der Waals surface area contributed by atoms with Crippen LogP contribution in [-0.4, -0.2) is 52.4 Å². The van der Waals surface area contributed by atoms with Crippen molar-refractivity contribution in [1.29, 1.82) is 0 Å². The monoisotopic (exact) mass is 416 g/mol. The van der Waals surface area contributed by atoms with Gasteiger partial charge >= 0.3 is 12.1 Å². The summed E-state index contributed by atoms with van der Waals surface area (Å²) in [7, 11) is 0. The molecule has 0 aromatic carbocycles. The number of rotatable bonds is 8. The van der Waals surface area contributed by atoms with E-state index in [2.05, 4.69) is 18.8 Å². The molecule has 1 atom stereocenters. The maximum atomic E-state index is 12.2. The molecular formula is C20H36N2O5S. The SMILES string of the molecule is CCC.CCCN(CCC(O)c1nc(C(=O)OCC)cs1)C(=O)OC(C)(C)C. The Balaban J connectivity index is 0.00000227. The van der Waals surface area contributed by atoms with Crippen molar-refractivity contribution in [2.45, 2.75) is 79.4 Å². The number of aromatic nitrogens is 1. The molecular weight excluding hydrogens is 380 g/mol. The highest BCUT2D eigenvalue weighted by Crippen LogP contribution is 2.22. The van der Waals surface area contributed by atoms with Gasteiger partial charge in [-0.15, -0.1) is 11.3 Å². The number of hydrogen-bond acceptors (Lipinski definition) is 7. The lowest BCUT2D eigenvalue weighted by Crippen LogP contribution is -2.38. The van der Waals surface area contributed by atoms with Crippen LogP contribution in [0, 0.1) is 0 Å². The summed E-state index contributed by atoms with van der Waals surface area (Å²) in [4.78, 5) is 29.5. The Morgan fingerprint density at radius 1 is 1.21 bits per heavy atom. The highest BCUT2D eigenvalue weighted by molar-refractivity contribution is 7.09. The molecule has 8 heteroatoms. The summed E-state index contributed by atoms with van der Waals surface area (Å²) in [6.07, 6.45) is 1.11. The van der Waals surface area contributed by atoms with Crippen LogP contribution in [0.25, 0.3) is 0 Å². The quantitative estimate of drug-likeness (QED) is 0.612. The molecule has 0 spiro atoms. The van der Waals surface area contributed by atoms with Gasteiger partial charge in [0.05, 0.1) is 6.61 Å². The molecule has 162 valence electrons. The maximum Gasteiger partial charge on any atom is 0.410 e. The van der Waals surface area contributed by atoms with E-state index in [1.807, 2.05) is 27.7 Å². The number of carbonyl (C=O) groups excluding carboxylic acids is 2. The van der Waals surface area contributed by atoms with Crippen LogP contribution >= 0.6 is 11.3 Å². The van der Waals surface area contributed by atoms with E-state index in [0.29, 0.717) is 24.5 Å². The second-order valence-electron chi connectivity index (χ2n) is 7.27. The topological polar surface area (TPSA) is 89.0 Å². The lowest BCUT2D eigenvalue weighted by molar-refractivity contribution is 0.0221. The number of esters is 1. The second-order valence-corrected chi connectivity index (χ2v) is 8.16. The minimum absolute atomic E-state index is 0.193. The third kappa shape index (κ3) is 10.6. The van der Waals surface area contributed by atoms with Crippen LogP contribution in [0.1, 0.15) is 89.3 Å². The summed E-state index contributed by atoms with van der Waals surface area (Å²) in [5, 5.41) is 12.3. The molecule has 0 aliphatic carbocycles. The predicted molar refractivity (Wildman–Crippen MR) is 112 cm³/mol. The fraction of sp³-hybridized carbons (Fsp3) is 0.750. The van der Waals surface area contributed by atoms with Crippen molar-refractivity contribution in [3.05, 3.63) is 16.1 Å². The van der Waals surface area contributed by atoms with Gasteiger partial charge in [0.1, 0.15) is 16.7 Å². The predicted octanol–water partition coefficient (Wildman–Crippen LogP) is 4.81. The Morgan fingerprint density at radius 3 is 2.32 bits per heavy atom. The molecule has 7 nitrogen and oxygen atoms in total. The smallest absolute Gasteiger partial charge is 0.410 e. The van der Waals surface area contributed by atoms with Crippen molar-refractivity contribution >= 4 is 23.4 Å². The fourth-order valence-electron chi connectivity index (χ4n) is 2.03. The van der Waals surface area contributed by atoms with Crippen LogP contribution in [0.15, 0.2) is 5.38 Å². The number of amides is 1. The van der Waals surface area contributed by atoms with Crippen molar-refractivity contribution in [1.82, 2.24) is 9.88 Å². The van der Waals surface area contributed by atoms with Crippen LogP contribution in [0.5, 0.6) is 0 Å². The van der Waals surface area contributed by atoms with Crippen LogP contribution in [0.4, 0.5) is 4.79 Å². The van der Waals surface area contributed by atoms with Crippen molar-refractivity contribution in [2.24, 2.45) is 0 Å². The van der Waals surface area contributed by atoms with Gasteiger partial charge in [0.25, 0.3) is 0 Å². The highest BCUT2D eigenvalue weighted by atomic mass is 32.1. The van der Waals surface area contributed by atoms with Gasteiger partial charge in [0, 0.05) is 18.5 Å². The summed E-state index contributed by atoms with van der Waals surface area (Å²) in [5.74, 6) is -0.501. The number of thiazole rings is 1. The average molecular weight is 417 g/mol. The molecule has 28 heavy (non-hydrogen) atoms. The average Bonchev–Trinajstić information content (AvgIpc) is 3.08. The summed E-state index contributed by atoms with van der Waals surface area (Å²) in [5.41, 5.74) is -0.371. The van der Waals surface area contributed by atoms with E-state index in [-0.39, 0.29) is 12.3 Å². The molecule has 1 aromatic heterocycles. The van der Waals surface area contributed by atoms with Crippen molar-refractivity contribution < 1.29 is 24.2 Å². The largest absolute Gasteiger partial charge is 0.461 e. The Bertz CT molecular complexity index is 583. The molecule has 0 aliphatic rings. The first kappa shape index (κ1) is 26.3. The van der Waals surface area contributed by atoms with E-state index in [4.69, 9.17) is 9.47 Å². The van der Waals surface area contributed by atoms with Gasteiger partial charge in [-0.1, -0.05) is 27.2 Å². The minimum Gasteiger partial charge on any atom is -0.461 e. The number of carbonyl (C=O) groups is 2. The standard InChI is InChI=1S/C17H28N2O5S.C3H8/c1-6-9-19(16(22)24-17(3,4)5)10-8-13(20)14-18-12(11-25-14)15(21)23-7-2;1-3-2/h11,13,20H,6-10H2,1-5H3;3H2,1-2H3. The minimum atomic E-state index is -0.852. The zero-order valence-electron chi connectivity index (χ0n) is 18.3. The van der Waals surface area contributed by atoms with E-state index < -0.39 is 23.8 Å². The third-order valence-electron chi connectivity index (χ3n) is 3.11. The van der Waals surface area contributed by atoms with Crippen LogP contribution in [0.2, 0.25) is 0 Å². The summed E-state index contributed by atoms with van der Waals surface area (Å²) >= 11 is 1.20. The molecule has 0 fully saturated rings. The normalized spacial score (nSPS) is 11.9. The zero-order valence-corrected chi connectivity index (χ0v) is 19.1. The molecule has 0 saturated heterocycles. The van der Waals surface area contributed by atoms with Gasteiger partial charge in [0.2, 0.25) is 0 Å². The number of ether oxygens (including phenoxy) is 2.